The quantitative estimate of drug-likeness (QED) is 0.367. The number of nitro groups is 1. The van der Waals surface area contributed by atoms with Gasteiger partial charge in [-0.1, -0.05) is 0 Å². The molecule has 1 unspecified atom stereocenters. The molecular weight excluding hydrogens is 279 g/mol. The van der Waals surface area contributed by atoms with Crippen molar-refractivity contribution in [2.75, 3.05) is 10.8 Å². The van der Waals surface area contributed by atoms with Crippen LogP contribution in [0.3, 0.4) is 0 Å². The van der Waals surface area contributed by atoms with Crippen molar-refractivity contribution in [2.24, 2.45) is 5.92 Å². The standard InChI is InChI=1S/C11H8ClFN2O4/c12-5-6-3-10(16)14(11(6)17)7-1-2-8(13)9(4-7)15(18)19/h1-2,4,6H,3,5H2. The summed E-state index contributed by atoms with van der Waals surface area (Å²) in [6, 6.07) is 2.86. The van der Waals surface area contributed by atoms with Crippen LogP contribution in [0, 0.1) is 21.8 Å². The number of imide groups is 1. The summed E-state index contributed by atoms with van der Waals surface area (Å²) in [4.78, 5) is 34.1. The van der Waals surface area contributed by atoms with Gasteiger partial charge in [-0.05, 0) is 12.1 Å². The average molecular weight is 287 g/mol. The lowest BCUT2D eigenvalue weighted by molar-refractivity contribution is -0.387. The summed E-state index contributed by atoms with van der Waals surface area (Å²) in [5.41, 5.74) is -0.803. The summed E-state index contributed by atoms with van der Waals surface area (Å²) in [5.74, 6) is -2.71. The second-order valence-electron chi connectivity index (χ2n) is 4.02. The topological polar surface area (TPSA) is 80.5 Å². The summed E-state index contributed by atoms with van der Waals surface area (Å²) in [5, 5.41) is 10.6. The maximum atomic E-state index is 13.2. The van der Waals surface area contributed by atoms with Crippen LogP contribution in [-0.2, 0) is 9.59 Å². The number of nitro benzene ring substituents is 1. The Hall–Kier alpha value is -2.02. The van der Waals surface area contributed by atoms with Crippen LogP contribution in [0.5, 0.6) is 0 Å². The Labute approximate surface area is 111 Å². The lowest BCUT2D eigenvalue weighted by atomic mass is 10.1. The smallest absolute Gasteiger partial charge is 0.274 e. The molecule has 100 valence electrons. The van der Waals surface area contributed by atoms with Gasteiger partial charge in [0.05, 0.1) is 16.5 Å². The number of carbonyl (C=O) groups excluding carboxylic acids is 2. The van der Waals surface area contributed by atoms with E-state index in [1.54, 1.807) is 0 Å². The van der Waals surface area contributed by atoms with E-state index in [1.165, 1.54) is 0 Å². The normalized spacial score (nSPS) is 19.1. The van der Waals surface area contributed by atoms with E-state index in [2.05, 4.69) is 0 Å². The highest BCUT2D eigenvalue weighted by molar-refractivity contribution is 6.25. The molecule has 2 rings (SSSR count). The van der Waals surface area contributed by atoms with Crippen molar-refractivity contribution in [1.82, 2.24) is 0 Å². The number of hydrogen-bond donors (Lipinski definition) is 0. The Morgan fingerprint density at radius 1 is 1.47 bits per heavy atom. The zero-order chi connectivity index (χ0) is 14.2. The number of rotatable bonds is 3. The highest BCUT2D eigenvalue weighted by Crippen LogP contribution is 2.30. The summed E-state index contributed by atoms with van der Waals surface area (Å²) in [7, 11) is 0. The van der Waals surface area contributed by atoms with Gasteiger partial charge in [-0.15, -0.1) is 11.6 Å². The van der Waals surface area contributed by atoms with E-state index in [9.17, 15) is 24.1 Å². The molecule has 1 aliphatic rings. The Morgan fingerprint density at radius 3 is 2.68 bits per heavy atom. The third kappa shape index (κ3) is 2.28. The van der Waals surface area contributed by atoms with E-state index >= 15 is 0 Å². The van der Waals surface area contributed by atoms with Crippen molar-refractivity contribution < 1.29 is 18.9 Å². The van der Waals surface area contributed by atoms with Gasteiger partial charge in [-0.25, -0.2) is 0 Å². The van der Waals surface area contributed by atoms with E-state index in [0.29, 0.717) is 0 Å². The van der Waals surface area contributed by atoms with Gasteiger partial charge in [0.1, 0.15) is 0 Å². The summed E-state index contributed by atoms with van der Waals surface area (Å²) in [6.07, 6.45) is -0.0481. The van der Waals surface area contributed by atoms with Crippen LogP contribution >= 0.6 is 11.6 Å². The minimum absolute atomic E-state index is 0.00956. The molecular formula is C11H8ClFN2O4. The third-order valence-electron chi connectivity index (χ3n) is 2.81. The molecule has 0 bridgehead atoms. The van der Waals surface area contributed by atoms with Crippen LogP contribution in [0.4, 0.5) is 15.8 Å². The zero-order valence-electron chi connectivity index (χ0n) is 9.51. The minimum Gasteiger partial charge on any atom is -0.274 e. The molecule has 19 heavy (non-hydrogen) atoms. The third-order valence-corrected chi connectivity index (χ3v) is 3.18. The van der Waals surface area contributed by atoms with Crippen molar-refractivity contribution in [2.45, 2.75) is 6.42 Å². The number of benzene rings is 1. The molecule has 1 aromatic carbocycles. The Balaban J connectivity index is 2.42. The van der Waals surface area contributed by atoms with Crippen LogP contribution in [0.25, 0.3) is 0 Å². The predicted octanol–water partition coefficient (Wildman–Crippen LogP) is 1.85. The Morgan fingerprint density at radius 2 is 2.16 bits per heavy atom. The number of carbonyl (C=O) groups is 2. The van der Waals surface area contributed by atoms with Gasteiger partial charge >= 0.3 is 5.69 Å². The van der Waals surface area contributed by atoms with Crippen LogP contribution in [-0.4, -0.2) is 22.6 Å². The number of amides is 2. The molecule has 0 saturated carbocycles. The first-order valence-electron chi connectivity index (χ1n) is 5.32. The monoisotopic (exact) mass is 286 g/mol. The van der Waals surface area contributed by atoms with E-state index in [-0.39, 0.29) is 18.0 Å². The number of nitrogens with zero attached hydrogens (tertiary/aromatic N) is 2. The number of hydrogen-bond acceptors (Lipinski definition) is 4. The molecule has 1 aliphatic heterocycles. The molecule has 1 saturated heterocycles. The van der Waals surface area contributed by atoms with Crippen molar-refractivity contribution in [3.8, 4) is 0 Å². The van der Waals surface area contributed by atoms with Crippen LogP contribution in [0.1, 0.15) is 6.42 Å². The lowest BCUT2D eigenvalue weighted by Crippen LogP contribution is -2.30. The van der Waals surface area contributed by atoms with Crippen molar-refractivity contribution in [3.05, 3.63) is 34.1 Å². The van der Waals surface area contributed by atoms with Crippen LogP contribution in [0.15, 0.2) is 18.2 Å². The Bertz CT molecular complexity index is 578. The largest absolute Gasteiger partial charge is 0.306 e. The van der Waals surface area contributed by atoms with Gasteiger partial charge in [0.25, 0.3) is 0 Å². The number of alkyl halides is 1. The fraction of sp³-hybridized carbons (Fsp3) is 0.273. The summed E-state index contributed by atoms with van der Waals surface area (Å²) >= 11 is 5.56. The van der Waals surface area contributed by atoms with Gasteiger partial charge in [-0.2, -0.15) is 4.39 Å². The maximum Gasteiger partial charge on any atom is 0.306 e. The zero-order valence-corrected chi connectivity index (χ0v) is 10.3. The first kappa shape index (κ1) is 13.4. The van der Waals surface area contributed by atoms with Gasteiger partial charge in [0.15, 0.2) is 0 Å². The highest BCUT2D eigenvalue weighted by atomic mass is 35.5. The molecule has 0 radical (unpaired) electrons. The first-order valence-corrected chi connectivity index (χ1v) is 5.86. The van der Waals surface area contributed by atoms with Gasteiger partial charge in [-0.3, -0.25) is 24.6 Å². The number of anilines is 1. The van der Waals surface area contributed by atoms with Crippen molar-refractivity contribution in [3.63, 3.8) is 0 Å². The fourth-order valence-electron chi connectivity index (χ4n) is 1.87. The van der Waals surface area contributed by atoms with E-state index in [4.69, 9.17) is 11.6 Å². The van der Waals surface area contributed by atoms with E-state index < -0.39 is 34.2 Å². The predicted molar refractivity (Wildman–Crippen MR) is 64.4 cm³/mol. The summed E-state index contributed by atoms with van der Waals surface area (Å²) < 4.78 is 13.2. The molecule has 0 spiro atoms. The molecule has 1 aromatic rings. The molecule has 0 N–H and O–H groups in total. The molecule has 2 amide bonds. The van der Waals surface area contributed by atoms with Crippen LogP contribution in [0.2, 0.25) is 0 Å². The molecule has 1 heterocycles. The highest BCUT2D eigenvalue weighted by Gasteiger charge is 2.39. The van der Waals surface area contributed by atoms with Gasteiger partial charge < -0.3 is 0 Å². The minimum atomic E-state index is -1.03. The van der Waals surface area contributed by atoms with E-state index in [1.807, 2.05) is 0 Å². The molecule has 6 nitrogen and oxygen atoms in total. The average Bonchev–Trinajstić information content (AvgIpc) is 2.65. The first-order chi connectivity index (χ1) is 8.95. The fourth-order valence-corrected chi connectivity index (χ4v) is 2.11. The maximum absolute atomic E-state index is 13.2. The molecule has 1 fully saturated rings. The second-order valence-corrected chi connectivity index (χ2v) is 4.32. The Kier molecular flexibility index (Phi) is 3.48. The SMILES string of the molecule is O=C1CC(CCl)C(=O)N1c1ccc(F)c([N+](=O)[O-])c1. The van der Waals surface area contributed by atoms with Crippen LogP contribution < -0.4 is 4.90 Å². The number of halogens is 2. The van der Waals surface area contributed by atoms with Crippen molar-refractivity contribution in [1.29, 1.82) is 0 Å². The van der Waals surface area contributed by atoms with Crippen molar-refractivity contribution >= 4 is 34.8 Å². The van der Waals surface area contributed by atoms with Gasteiger partial charge in [0.2, 0.25) is 17.6 Å². The van der Waals surface area contributed by atoms with Gasteiger partial charge in [0, 0.05) is 18.4 Å². The molecule has 1 atom stereocenters. The molecule has 0 aliphatic carbocycles. The molecule has 0 aromatic heterocycles. The van der Waals surface area contributed by atoms with E-state index in [0.717, 1.165) is 23.1 Å². The summed E-state index contributed by atoms with van der Waals surface area (Å²) in [6.45, 7) is 0. The lowest BCUT2D eigenvalue weighted by Gasteiger charge is -2.14. The second kappa shape index (κ2) is 4.93. The molecule has 8 heteroatoms.